The van der Waals surface area contributed by atoms with Gasteiger partial charge in [-0.15, -0.1) is 13.2 Å². The molecule has 3 saturated heterocycles. The maximum absolute atomic E-state index is 14.5. The quantitative estimate of drug-likeness (QED) is 0.259. The van der Waals surface area contributed by atoms with E-state index in [0.717, 1.165) is 0 Å². The summed E-state index contributed by atoms with van der Waals surface area (Å²) < 4.78 is 12.3. The number of ether oxygens (including phenoxy) is 2. The number of aliphatic hydroxyl groups is 1. The van der Waals surface area contributed by atoms with Gasteiger partial charge < -0.3 is 24.4 Å². The number of benzene rings is 1. The molecule has 1 spiro atoms. The van der Waals surface area contributed by atoms with Gasteiger partial charge in [-0.3, -0.25) is 14.4 Å². The lowest BCUT2D eigenvalue weighted by Gasteiger charge is -2.39. The number of halogens is 1. The second-order valence-electron chi connectivity index (χ2n) is 10.7. The third-order valence-electron chi connectivity index (χ3n) is 8.60. The number of likely N-dealkylation sites (tertiary alicyclic amines) is 1. The molecule has 0 aliphatic carbocycles. The van der Waals surface area contributed by atoms with Crippen LogP contribution in [0.4, 0.5) is 5.69 Å². The molecule has 3 fully saturated rings. The van der Waals surface area contributed by atoms with Gasteiger partial charge in [-0.05, 0) is 56.4 Å². The Hall–Kier alpha value is -2.68. The van der Waals surface area contributed by atoms with E-state index >= 15 is 0 Å². The molecular formula is C29H37ClN2O6. The molecule has 9 heteroatoms. The van der Waals surface area contributed by atoms with E-state index in [0.29, 0.717) is 30.0 Å². The van der Waals surface area contributed by atoms with Crippen LogP contribution >= 0.6 is 11.6 Å². The fourth-order valence-corrected chi connectivity index (χ4v) is 6.80. The van der Waals surface area contributed by atoms with E-state index in [1.54, 1.807) is 41.3 Å². The van der Waals surface area contributed by atoms with Crippen molar-refractivity contribution in [1.29, 1.82) is 0 Å². The minimum absolute atomic E-state index is 0.114. The van der Waals surface area contributed by atoms with E-state index in [1.807, 2.05) is 20.8 Å². The molecule has 3 heterocycles. The number of amides is 2. The molecule has 7 atom stereocenters. The van der Waals surface area contributed by atoms with Gasteiger partial charge >= 0.3 is 5.97 Å². The number of esters is 1. The minimum Gasteiger partial charge on any atom is -0.465 e. The van der Waals surface area contributed by atoms with Crippen LogP contribution in [0.25, 0.3) is 0 Å². The highest BCUT2D eigenvalue weighted by Crippen LogP contribution is 2.65. The number of hydrogen-bond acceptors (Lipinski definition) is 6. The number of hydrogen-bond donors (Lipinski definition) is 1. The first-order chi connectivity index (χ1) is 18.1. The summed E-state index contributed by atoms with van der Waals surface area (Å²) in [6, 6.07) is 5.20. The first-order valence-corrected chi connectivity index (χ1v) is 13.6. The lowest BCUT2D eigenvalue weighted by atomic mass is 9.62. The predicted molar refractivity (Wildman–Crippen MR) is 145 cm³/mol. The molecule has 3 unspecified atom stereocenters. The summed E-state index contributed by atoms with van der Waals surface area (Å²) in [4.78, 5) is 45.2. The Bertz CT molecular complexity index is 1100. The maximum Gasteiger partial charge on any atom is 0.312 e. The fraction of sp³-hybridized carbons (Fsp3) is 0.552. The van der Waals surface area contributed by atoms with Gasteiger partial charge in [-0.25, -0.2) is 0 Å². The second-order valence-corrected chi connectivity index (χ2v) is 11.1. The van der Waals surface area contributed by atoms with Gasteiger partial charge in [0.25, 0.3) is 5.91 Å². The summed E-state index contributed by atoms with van der Waals surface area (Å²) in [6.07, 6.45) is 4.61. The monoisotopic (exact) mass is 544 g/mol. The molecule has 0 saturated carbocycles. The van der Waals surface area contributed by atoms with E-state index in [9.17, 15) is 19.5 Å². The summed E-state index contributed by atoms with van der Waals surface area (Å²) in [5.41, 5.74) is -1.62. The lowest BCUT2D eigenvalue weighted by molar-refractivity contribution is -0.162. The predicted octanol–water partition coefficient (Wildman–Crippen LogP) is 3.76. The molecule has 0 aromatic heterocycles. The maximum atomic E-state index is 14.5. The Morgan fingerprint density at radius 3 is 2.58 bits per heavy atom. The number of carbonyl (C=O) groups excluding carboxylic acids is 3. The van der Waals surface area contributed by atoms with Gasteiger partial charge in [0.05, 0.1) is 30.8 Å². The number of nitrogens with zero attached hydrogens (tertiary/aromatic N) is 2. The van der Waals surface area contributed by atoms with Crippen molar-refractivity contribution in [1.82, 2.24) is 4.90 Å². The van der Waals surface area contributed by atoms with E-state index in [2.05, 4.69) is 13.2 Å². The van der Waals surface area contributed by atoms with Crippen molar-refractivity contribution in [3.05, 3.63) is 54.6 Å². The molecule has 3 aliphatic heterocycles. The summed E-state index contributed by atoms with van der Waals surface area (Å²) in [6.45, 7) is 13.2. The minimum atomic E-state index is -1.24. The third-order valence-corrected chi connectivity index (χ3v) is 8.85. The zero-order valence-corrected chi connectivity index (χ0v) is 23.0. The van der Waals surface area contributed by atoms with Crippen LogP contribution < -0.4 is 4.90 Å². The Morgan fingerprint density at radius 2 is 2.00 bits per heavy atom. The van der Waals surface area contributed by atoms with Crippen molar-refractivity contribution in [3.8, 4) is 0 Å². The highest BCUT2D eigenvalue weighted by atomic mass is 35.5. The van der Waals surface area contributed by atoms with Gasteiger partial charge in [0.1, 0.15) is 17.6 Å². The summed E-state index contributed by atoms with van der Waals surface area (Å²) in [5, 5.41) is 10.8. The molecule has 1 aromatic carbocycles. The molecule has 8 nitrogen and oxygen atoms in total. The van der Waals surface area contributed by atoms with Crippen LogP contribution in [0, 0.1) is 17.8 Å². The Balaban J connectivity index is 1.83. The molecule has 2 bridgehead atoms. The van der Waals surface area contributed by atoms with Gasteiger partial charge in [0.2, 0.25) is 5.91 Å². The SMILES string of the molecule is C=CCCOC(=O)[C@H]1[C@H]2C(=O)N([C@@H](CC)CO)C(C(=O)N(CC=C)c3ccc(Cl)cc3)C23CC(C)[C@]1(C)O3. The van der Waals surface area contributed by atoms with Gasteiger partial charge in [-0.1, -0.05) is 37.6 Å². The van der Waals surface area contributed by atoms with Crippen LogP contribution in [-0.4, -0.2) is 70.8 Å². The van der Waals surface area contributed by atoms with Crippen LogP contribution in [0.15, 0.2) is 49.6 Å². The van der Waals surface area contributed by atoms with Crippen molar-refractivity contribution in [2.24, 2.45) is 17.8 Å². The third kappa shape index (κ3) is 4.27. The Morgan fingerprint density at radius 1 is 1.32 bits per heavy atom. The standard InChI is InChI=1S/C29H37ClN2O6/c1-6-9-15-37-27(36)23-22-25(34)32(20(8-3)17-33)24(29(22)16-18(4)28(23,5)38-29)26(35)31(14-7-2)21-12-10-19(30)11-13-21/h6-7,10-13,18,20,22-24,33H,1-2,8-9,14-17H2,3-5H3/t18?,20-,22-,23+,24?,28-,29?/m0/s1. The first kappa shape index (κ1) is 28.3. The number of rotatable bonds is 11. The largest absolute Gasteiger partial charge is 0.465 e. The second kappa shape index (κ2) is 10.8. The summed E-state index contributed by atoms with van der Waals surface area (Å²) in [5.74, 6) is -3.11. The summed E-state index contributed by atoms with van der Waals surface area (Å²) >= 11 is 6.09. The molecular weight excluding hydrogens is 508 g/mol. The van der Waals surface area contributed by atoms with Gasteiger partial charge in [0, 0.05) is 17.3 Å². The molecule has 206 valence electrons. The number of fused-ring (bicyclic) bond motifs is 1. The smallest absolute Gasteiger partial charge is 0.312 e. The average Bonchev–Trinajstić information content (AvgIpc) is 3.41. The fourth-order valence-electron chi connectivity index (χ4n) is 6.67. The number of aliphatic hydroxyl groups excluding tert-OH is 1. The van der Waals surface area contributed by atoms with Crippen LogP contribution in [0.2, 0.25) is 5.02 Å². The molecule has 0 radical (unpaired) electrons. The van der Waals surface area contributed by atoms with Crippen LogP contribution in [-0.2, 0) is 23.9 Å². The molecule has 4 rings (SSSR count). The average molecular weight is 545 g/mol. The van der Waals surface area contributed by atoms with Crippen molar-refractivity contribution >= 4 is 35.1 Å². The molecule has 3 aliphatic rings. The van der Waals surface area contributed by atoms with E-state index in [1.165, 1.54) is 4.90 Å². The van der Waals surface area contributed by atoms with Crippen molar-refractivity contribution < 1.29 is 29.0 Å². The topological polar surface area (TPSA) is 96.4 Å². The molecule has 1 N–H and O–H groups in total. The molecule has 2 amide bonds. The highest BCUT2D eigenvalue weighted by Gasteiger charge is 2.80. The number of anilines is 1. The van der Waals surface area contributed by atoms with Crippen LogP contribution in [0.1, 0.15) is 40.0 Å². The Kier molecular flexibility index (Phi) is 8.07. The van der Waals surface area contributed by atoms with Crippen LogP contribution in [0.5, 0.6) is 0 Å². The van der Waals surface area contributed by atoms with E-state index < -0.39 is 41.1 Å². The van der Waals surface area contributed by atoms with Gasteiger partial charge in [-0.2, -0.15) is 0 Å². The molecule has 38 heavy (non-hydrogen) atoms. The Labute approximate surface area is 229 Å². The summed E-state index contributed by atoms with van der Waals surface area (Å²) in [7, 11) is 0. The zero-order valence-electron chi connectivity index (χ0n) is 22.3. The zero-order chi connectivity index (χ0) is 27.8. The van der Waals surface area contributed by atoms with Crippen molar-refractivity contribution in [2.75, 3.05) is 24.7 Å². The van der Waals surface area contributed by atoms with Gasteiger partial charge in [0.15, 0.2) is 0 Å². The van der Waals surface area contributed by atoms with Crippen molar-refractivity contribution in [3.63, 3.8) is 0 Å². The van der Waals surface area contributed by atoms with Crippen molar-refractivity contribution in [2.45, 2.75) is 63.3 Å². The number of carbonyl (C=O) groups is 3. The van der Waals surface area contributed by atoms with E-state index in [-0.39, 0.29) is 37.5 Å². The first-order valence-electron chi connectivity index (χ1n) is 13.2. The normalized spacial score (nSPS) is 32.1. The van der Waals surface area contributed by atoms with E-state index in [4.69, 9.17) is 21.1 Å². The molecule has 1 aromatic rings. The lowest BCUT2D eigenvalue weighted by Crippen LogP contribution is -2.59. The highest BCUT2D eigenvalue weighted by molar-refractivity contribution is 6.30. The van der Waals surface area contributed by atoms with Crippen LogP contribution in [0.3, 0.4) is 0 Å².